The molecule has 0 saturated heterocycles. The van der Waals surface area contributed by atoms with Crippen molar-refractivity contribution in [1.29, 1.82) is 0 Å². The number of nitrogens with two attached hydrogens (primary N) is 1. The van der Waals surface area contributed by atoms with Crippen LogP contribution in [0.5, 0.6) is 0 Å². The van der Waals surface area contributed by atoms with E-state index >= 15 is 0 Å². The first-order valence-electron chi connectivity index (χ1n) is 7.01. The van der Waals surface area contributed by atoms with Gasteiger partial charge in [0.2, 0.25) is 5.78 Å². The number of rotatable bonds is 2. The Morgan fingerprint density at radius 3 is 2.05 bits per heavy atom. The lowest BCUT2D eigenvalue weighted by Gasteiger charge is -2.16. The molecule has 0 aliphatic heterocycles. The van der Waals surface area contributed by atoms with Gasteiger partial charge in [-0.05, 0) is 18.6 Å². The van der Waals surface area contributed by atoms with Crippen LogP contribution < -0.4 is 5.73 Å². The average Bonchev–Trinajstić information content (AvgIpc) is 2.54. The van der Waals surface area contributed by atoms with Crippen molar-refractivity contribution in [3.8, 4) is 0 Å². The summed E-state index contributed by atoms with van der Waals surface area (Å²) in [6.45, 7) is 2.01. The highest BCUT2D eigenvalue weighted by molar-refractivity contribution is 6.27. The van der Waals surface area contributed by atoms with Crippen LogP contribution >= 0.6 is 0 Å². The van der Waals surface area contributed by atoms with Gasteiger partial charge in [0.25, 0.3) is 0 Å². The maximum atomic E-state index is 12.5. The van der Waals surface area contributed by atoms with E-state index in [0.29, 0.717) is 11.1 Å². The van der Waals surface area contributed by atoms with Crippen LogP contribution in [0.15, 0.2) is 65.9 Å². The molecule has 0 spiro atoms. The van der Waals surface area contributed by atoms with Crippen LogP contribution in [0.25, 0.3) is 6.08 Å². The Morgan fingerprint density at radius 2 is 1.41 bits per heavy atom. The summed E-state index contributed by atoms with van der Waals surface area (Å²) in [5.74, 6) is -0.505. The second kappa shape index (κ2) is 5.45. The number of hydrogen-bond donors (Lipinski definition) is 1. The van der Waals surface area contributed by atoms with Gasteiger partial charge in [-0.25, -0.2) is 0 Å². The number of Topliss-reactive ketones (excluding diaryl/α,β-unsaturated/α-hetero) is 2. The maximum absolute atomic E-state index is 12.5. The van der Waals surface area contributed by atoms with Crippen LogP contribution in [0.3, 0.4) is 0 Å². The number of aryl methyl sites for hydroxylation is 1. The van der Waals surface area contributed by atoms with Crippen molar-refractivity contribution in [1.82, 2.24) is 0 Å². The Bertz CT molecular complexity index is 827. The second-order valence-electron chi connectivity index (χ2n) is 5.28. The fourth-order valence-corrected chi connectivity index (χ4v) is 2.44. The van der Waals surface area contributed by atoms with E-state index in [1.807, 2.05) is 31.2 Å². The van der Waals surface area contributed by atoms with E-state index in [1.54, 1.807) is 36.4 Å². The van der Waals surface area contributed by atoms with E-state index in [9.17, 15) is 9.59 Å². The lowest BCUT2D eigenvalue weighted by atomic mass is 9.87. The summed E-state index contributed by atoms with van der Waals surface area (Å²) in [5, 5.41) is 0. The first-order valence-corrected chi connectivity index (χ1v) is 7.01. The van der Waals surface area contributed by atoms with Crippen LogP contribution in [0.2, 0.25) is 0 Å². The van der Waals surface area contributed by atoms with E-state index in [0.717, 1.165) is 11.1 Å². The molecule has 3 nitrogen and oxygen atoms in total. The number of hydrogen-bond acceptors (Lipinski definition) is 3. The Kier molecular flexibility index (Phi) is 3.47. The molecule has 0 fully saturated rings. The molecule has 0 heterocycles. The number of ketones is 2. The minimum Gasteiger partial charge on any atom is -0.395 e. The van der Waals surface area contributed by atoms with Gasteiger partial charge in [-0.1, -0.05) is 60.2 Å². The highest BCUT2D eigenvalue weighted by Crippen LogP contribution is 2.25. The molecule has 0 saturated carbocycles. The molecule has 1 aliphatic carbocycles. The highest BCUT2D eigenvalue weighted by atomic mass is 16.1. The Balaban J connectivity index is 2.00. The lowest BCUT2D eigenvalue weighted by molar-refractivity contribution is 0.0976. The van der Waals surface area contributed by atoms with Gasteiger partial charge in [0.15, 0.2) is 5.78 Å². The predicted molar refractivity (Wildman–Crippen MR) is 86.5 cm³/mol. The molecule has 3 heteroatoms. The van der Waals surface area contributed by atoms with E-state index in [1.165, 1.54) is 0 Å². The normalized spacial score (nSPS) is 14.6. The first-order chi connectivity index (χ1) is 10.6. The zero-order valence-corrected chi connectivity index (χ0v) is 12.2. The highest BCUT2D eigenvalue weighted by Gasteiger charge is 2.28. The molecule has 22 heavy (non-hydrogen) atoms. The van der Waals surface area contributed by atoms with Crippen molar-refractivity contribution in [3.05, 3.63) is 88.1 Å². The summed E-state index contributed by atoms with van der Waals surface area (Å²) in [4.78, 5) is 24.8. The number of fused-ring (bicyclic) bond motifs is 1. The van der Waals surface area contributed by atoms with Gasteiger partial charge in [0.1, 0.15) is 0 Å². The van der Waals surface area contributed by atoms with E-state index < -0.39 is 0 Å². The number of carbonyl (C=O) groups excluding carboxylic acids is 2. The summed E-state index contributed by atoms with van der Waals surface area (Å²) >= 11 is 0. The topological polar surface area (TPSA) is 60.2 Å². The number of allylic oxidation sites excluding steroid dienone is 3. The van der Waals surface area contributed by atoms with Gasteiger partial charge < -0.3 is 5.73 Å². The van der Waals surface area contributed by atoms with E-state index in [-0.39, 0.29) is 22.8 Å². The molecule has 0 atom stereocenters. The standard InChI is InChI=1S/C19H15NO2/c1-12-6-8-13(9-7-12)10-11-16-17(20)19(22)15-5-3-2-4-14(15)18(16)21/h2-11H,20H2,1H3/b11-10+. The van der Waals surface area contributed by atoms with Crippen molar-refractivity contribution >= 4 is 17.6 Å². The molecule has 2 aromatic rings. The quantitative estimate of drug-likeness (QED) is 0.922. The molecule has 3 rings (SSSR count). The molecule has 0 aromatic heterocycles. The minimum atomic E-state index is -0.293. The molecule has 1 aliphatic rings. The molecule has 0 amide bonds. The number of benzene rings is 2. The lowest BCUT2D eigenvalue weighted by Crippen LogP contribution is -2.25. The van der Waals surface area contributed by atoms with Crippen molar-refractivity contribution < 1.29 is 9.59 Å². The Hall–Kier alpha value is -2.94. The third-order valence-corrected chi connectivity index (χ3v) is 3.72. The summed E-state index contributed by atoms with van der Waals surface area (Å²) in [7, 11) is 0. The fourth-order valence-electron chi connectivity index (χ4n) is 2.44. The molecular weight excluding hydrogens is 274 g/mol. The third-order valence-electron chi connectivity index (χ3n) is 3.72. The van der Waals surface area contributed by atoms with Gasteiger partial charge in [0, 0.05) is 16.7 Å². The molecular formula is C19H15NO2. The van der Waals surface area contributed by atoms with Gasteiger partial charge in [-0.3, -0.25) is 9.59 Å². The van der Waals surface area contributed by atoms with Crippen LogP contribution in [-0.4, -0.2) is 11.6 Å². The van der Waals surface area contributed by atoms with Crippen molar-refractivity contribution in [2.24, 2.45) is 5.73 Å². The van der Waals surface area contributed by atoms with Crippen LogP contribution in [0.1, 0.15) is 31.8 Å². The van der Waals surface area contributed by atoms with Gasteiger partial charge in [-0.15, -0.1) is 0 Å². The van der Waals surface area contributed by atoms with Gasteiger partial charge >= 0.3 is 0 Å². The van der Waals surface area contributed by atoms with Crippen LogP contribution in [0.4, 0.5) is 0 Å². The minimum absolute atomic E-state index is 0.00654. The summed E-state index contributed by atoms with van der Waals surface area (Å²) in [6, 6.07) is 14.6. The Morgan fingerprint density at radius 1 is 0.818 bits per heavy atom. The maximum Gasteiger partial charge on any atom is 0.210 e. The SMILES string of the molecule is Cc1ccc(/C=C/C2=C(N)C(=O)c3ccccc3C2=O)cc1. The Labute approximate surface area is 128 Å². The second-order valence-corrected chi connectivity index (χ2v) is 5.28. The van der Waals surface area contributed by atoms with E-state index in [4.69, 9.17) is 5.73 Å². The first kappa shape index (κ1) is 14.0. The largest absolute Gasteiger partial charge is 0.395 e. The van der Waals surface area contributed by atoms with Crippen LogP contribution in [0, 0.1) is 6.92 Å². The zero-order chi connectivity index (χ0) is 15.7. The van der Waals surface area contributed by atoms with Crippen molar-refractivity contribution in [2.45, 2.75) is 6.92 Å². The van der Waals surface area contributed by atoms with Crippen LogP contribution in [-0.2, 0) is 0 Å². The zero-order valence-electron chi connectivity index (χ0n) is 12.2. The summed E-state index contributed by atoms with van der Waals surface area (Å²) in [5.41, 5.74) is 9.02. The summed E-state index contributed by atoms with van der Waals surface area (Å²) < 4.78 is 0. The third kappa shape index (κ3) is 2.37. The molecule has 108 valence electrons. The molecule has 2 aromatic carbocycles. The predicted octanol–water partition coefficient (Wildman–Crippen LogP) is 3.30. The molecule has 0 unspecified atom stereocenters. The summed E-state index contributed by atoms with van der Waals surface area (Å²) in [6.07, 6.45) is 3.41. The fraction of sp³-hybridized carbons (Fsp3) is 0.0526. The van der Waals surface area contributed by atoms with Crippen molar-refractivity contribution in [2.75, 3.05) is 0 Å². The molecule has 0 bridgehead atoms. The monoisotopic (exact) mass is 289 g/mol. The molecule has 2 N–H and O–H groups in total. The average molecular weight is 289 g/mol. The van der Waals surface area contributed by atoms with Crippen molar-refractivity contribution in [3.63, 3.8) is 0 Å². The van der Waals surface area contributed by atoms with Gasteiger partial charge in [-0.2, -0.15) is 0 Å². The number of carbonyl (C=O) groups is 2. The molecule has 0 radical (unpaired) electrons. The van der Waals surface area contributed by atoms with E-state index in [2.05, 4.69) is 0 Å². The van der Waals surface area contributed by atoms with Gasteiger partial charge in [0.05, 0.1) is 5.70 Å². The smallest absolute Gasteiger partial charge is 0.210 e.